The van der Waals surface area contributed by atoms with Crippen LogP contribution in [0.3, 0.4) is 0 Å². The van der Waals surface area contributed by atoms with E-state index < -0.39 is 29.4 Å². The summed E-state index contributed by atoms with van der Waals surface area (Å²) in [4.78, 5) is 52.3. The van der Waals surface area contributed by atoms with Crippen molar-refractivity contribution in [3.63, 3.8) is 0 Å². The number of imide groups is 1. The molecule has 0 radical (unpaired) electrons. The summed E-state index contributed by atoms with van der Waals surface area (Å²) in [5.74, 6) is -3.79. The van der Waals surface area contributed by atoms with Crippen LogP contribution in [-0.4, -0.2) is 79.9 Å². The largest absolute Gasteiger partial charge is 0.367 e. The van der Waals surface area contributed by atoms with Crippen LogP contribution in [-0.2, 0) is 14.4 Å². The third-order valence-electron chi connectivity index (χ3n) is 6.35. The molecular formula is C22H27F2N5O4. The van der Waals surface area contributed by atoms with Crippen LogP contribution < -0.4 is 15.5 Å². The molecule has 9 nitrogen and oxygen atoms in total. The molecule has 11 heteroatoms. The summed E-state index contributed by atoms with van der Waals surface area (Å²) >= 11 is 0. The Balaban J connectivity index is 1.26. The topological polar surface area (TPSA) is 102 Å². The highest BCUT2D eigenvalue weighted by atomic mass is 19.1. The van der Waals surface area contributed by atoms with E-state index in [1.807, 2.05) is 0 Å². The van der Waals surface area contributed by atoms with Gasteiger partial charge in [-0.25, -0.2) is 13.6 Å². The number of rotatable bonds is 5. The Kier molecular flexibility index (Phi) is 6.22. The van der Waals surface area contributed by atoms with Crippen molar-refractivity contribution >= 4 is 29.4 Å². The minimum atomic E-state index is -1.03. The minimum Gasteiger partial charge on any atom is -0.367 e. The molecule has 4 rings (SSSR count). The molecular weight excluding hydrogens is 436 g/mol. The Hall–Kier alpha value is -3.24. The maximum Gasteiger partial charge on any atom is 0.319 e. The van der Waals surface area contributed by atoms with Gasteiger partial charge in [-0.15, -0.1) is 0 Å². The molecule has 1 aromatic carbocycles. The molecule has 3 saturated heterocycles. The molecule has 1 unspecified atom stereocenters. The van der Waals surface area contributed by atoms with E-state index in [-0.39, 0.29) is 42.3 Å². The third kappa shape index (κ3) is 4.76. The second-order valence-electron chi connectivity index (χ2n) is 9.15. The van der Waals surface area contributed by atoms with Crippen molar-refractivity contribution < 1.29 is 28.0 Å². The lowest BCUT2D eigenvalue weighted by Gasteiger charge is -2.43. The summed E-state index contributed by atoms with van der Waals surface area (Å²) in [7, 11) is 3.37. The van der Waals surface area contributed by atoms with Gasteiger partial charge in [0.1, 0.15) is 11.6 Å². The van der Waals surface area contributed by atoms with E-state index in [0.717, 1.165) is 0 Å². The van der Waals surface area contributed by atoms with Gasteiger partial charge in [0.2, 0.25) is 17.7 Å². The van der Waals surface area contributed by atoms with E-state index in [1.54, 1.807) is 23.9 Å². The summed E-state index contributed by atoms with van der Waals surface area (Å²) in [6, 6.07) is 2.18. The van der Waals surface area contributed by atoms with E-state index in [9.17, 15) is 28.0 Å². The first-order valence-electron chi connectivity index (χ1n) is 11.0. The quantitative estimate of drug-likeness (QED) is 0.629. The van der Waals surface area contributed by atoms with Crippen molar-refractivity contribution in [2.45, 2.75) is 31.2 Å². The molecule has 0 aromatic heterocycles. The molecule has 2 N–H and O–H groups in total. The highest BCUT2D eigenvalue weighted by Gasteiger charge is 2.36. The van der Waals surface area contributed by atoms with Gasteiger partial charge >= 0.3 is 6.03 Å². The zero-order chi connectivity index (χ0) is 23.9. The van der Waals surface area contributed by atoms with Gasteiger partial charge in [-0.1, -0.05) is 0 Å². The number of urea groups is 1. The first-order chi connectivity index (χ1) is 15.6. The smallest absolute Gasteiger partial charge is 0.319 e. The van der Waals surface area contributed by atoms with Crippen molar-refractivity contribution in [3.8, 4) is 0 Å². The average Bonchev–Trinajstić information content (AvgIpc) is 2.67. The fourth-order valence-electron chi connectivity index (χ4n) is 4.52. The number of anilines is 1. The molecule has 0 bridgehead atoms. The monoisotopic (exact) mass is 463 g/mol. The van der Waals surface area contributed by atoms with Gasteiger partial charge in [0.05, 0.1) is 12.0 Å². The number of hydrogen-bond donors (Lipinski definition) is 2. The van der Waals surface area contributed by atoms with Crippen LogP contribution in [0.4, 0.5) is 19.3 Å². The van der Waals surface area contributed by atoms with E-state index in [4.69, 9.17) is 0 Å². The standard InChI is InChI=1S/C22H27F2N5O4/c1-27(2)22(33)29-8-12(9-29)5-19(31)25-13-10-28(11-13)14-6-16(23)20(17(24)7-14)15-3-4-18(30)26-21(15)32/h6-7,12-13,15H,3-5,8-11H2,1-2H3,(H,25,31)(H,26,30,32). The fourth-order valence-corrected chi connectivity index (χ4v) is 4.52. The zero-order valence-electron chi connectivity index (χ0n) is 18.6. The SMILES string of the molecule is CN(C)C(=O)N1CC(CC(=O)NC2CN(c3cc(F)c(C4CCC(=O)NC4=O)c(F)c3)C2)C1. The van der Waals surface area contributed by atoms with Crippen LogP contribution in [0, 0.1) is 17.6 Å². The van der Waals surface area contributed by atoms with Gasteiger partial charge in [0.25, 0.3) is 0 Å². The number of amides is 5. The van der Waals surface area contributed by atoms with Crippen molar-refractivity contribution in [2.24, 2.45) is 5.92 Å². The number of benzene rings is 1. The van der Waals surface area contributed by atoms with Gasteiger partial charge in [-0.2, -0.15) is 0 Å². The van der Waals surface area contributed by atoms with Gasteiger partial charge < -0.3 is 20.0 Å². The Morgan fingerprint density at radius 2 is 1.76 bits per heavy atom. The van der Waals surface area contributed by atoms with Gasteiger partial charge in [0.15, 0.2) is 0 Å². The molecule has 0 spiro atoms. The first kappa shape index (κ1) is 22.9. The molecule has 1 atom stereocenters. The summed E-state index contributed by atoms with van der Waals surface area (Å²) in [6.07, 6.45) is 0.435. The van der Waals surface area contributed by atoms with Crippen LogP contribution >= 0.6 is 0 Å². The maximum atomic E-state index is 14.7. The predicted octanol–water partition coefficient (Wildman–Crippen LogP) is 0.793. The molecule has 3 aliphatic rings. The Bertz CT molecular complexity index is 966. The molecule has 33 heavy (non-hydrogen) atoms. The van der Waals surface area contributed by atoms with Crippen LogP contribution in [0.1, 0.15) is 30.7 Å². The predicted molar refractivity (Wildman–Crippen MR) is 114 cm³/mol. The van der Waals surface area contributed by atoms with Crippen LogP contribution in [0.15, 0.2) is 12.1 Å². The third-order valence-corrected chi connectivity index (χ3v) is 6.35. The van der Waals surface area contributed by atoms with E-state index in [2.05, 4.69) is 10.6 Å². The molecule has 3 aliphatic heterocycles. The summed E-state index contributed by atoms with van der Waals surface area (Å²) in [5.41, 5.74) is 0.0137. The highest BCUT2D eigenvalue weighted by molar-refractivity contribution is 6.01. The second-order valence-corrected chi connectivity index (χ2v) is 9.15. The number of carbonyl (C=O) groups excluding carboxylic acids is 4. The molecule has 178 valence electrons. The lowest BCUT2D eigenvalue weighted by atomic mass is 9.89. The second kappa shape index (κ2) is 8.95. The van der Waals surface area contributed by atoms with Gasteiger partial charge in [-0.05, 0) is 18.6 Å². The Morgan fingerprint density at radius 3 is 2.33 bits per heavy atom. The number of hydrogen-bond acceptors (Lipinski definition) is 5. The molecule has 3 heterocycles. The Labute approximate surface area is 190 Å². The van der Waals surface area contributed by atoms with Crippen LogP contribution in [0.2, 0.25) is 0 Å². The van der Waals surface area contributed by atoms with Crippen LogP contribution in [0.25, 0.3) is 0 Å². The number of piperidine rings is 1. The lowest BCUT2D eigenvalue weighted by molar-refractivity contribution is -0.134. The van der Waals surface area contributed by atoms with Gasteiger partial charge in [0, 0.05) is 70.3 Å². The number of nitrogens with one attached hydrogen (secondary N) is 2. The van der Waals surface area contributed by atoms with E-state index >= 15 is 0 Å². The number of nitrogens with zero attached hydrogens (tertiary/aromatic N) is 3. The fraction of sp³-hybridized carbons (Fsp3) is 0.545. The zero-order valence-corrected chi connectivity index (χ0v) is 18.6. The molecule has 1 aromatic rings. The van der Waals surface area contributed by atoms with Crippen molar-refractivity contribution in [1.82, 2.24) is 20.4 Å². The lowest BCUT2D eigenvalue weighted by Crippen LogP contribution is -2.60. The van der Waals surface area contributed by atoms with Crippen LogP contribution in [0.5, 0.6) is 0 Å². The normalized spacial score (nSPS) is 21.3. The molecule has 0 aliphatic carbocycles. The molecule has 3 fully saturated rings. The maximum absolute atomic E-state index is 14.7. The first-order valence-corrected chi connectivity index (χ1v) is 11.0. The highest BCUT2D eigenvalue weighted by Crippen LogP contribution is 2.33. The van der Waals surface area contributed by atoms with E-state index in [0.29, 0.717) is 38.3 Å². The van der Waals surface area contributed by atoms with Gasteiger partial charge in [-0.3, -0.25) is 19.7 Å². The summed E-state index contributed by atoms with van der Waals surface area (Å²) < 4.78 is 29.4. The number of likely N-dealkylation sites (tertiary alicyclic amines) is 1. The minimum absolute atomic E-state index is 0.0371. The number of carbonyl (C=O) groups is 4. The average molecular weight is 463 g/mol. The van der Waals surface area contributed by atoms with Crippen molar-refractivity contribution in [3.05, 3.63) is 29.3 Å². The Morgan fingerprint density at radius 1 is 1.12 bits per heavy atom. The van der Waals surface area contributed by atoms with Crippen molar-refractivity contribution in [1.29, 1.82) is 0 Å². The number of halogens is 2. The molecule has 0 saturated carbocycles. The summed E-state index contributed by atoms with van der Waals surface area (Å²) in [6.45, 7) is 1.94. The van der Waals surface area contributed by atoms with Crippen molar-refractivity contribution in [2.75, 3.05) is 45.2 Å². The molecule has 5 amide bonds. The summed E-state index contributed by atoms with van der Waals surface area (Å²) in [5, 5.41) is 5.03. The van der Waals surface area contributed by atoms with E-state index in [1.165, 1.54) is 17.0 Å².